The molecule has 5 nitrogen and oxygen atoms in total. The second-order valence-electron chi connectivity index (χ2n) is 5.31. The minimum absolute atomic E-state index is 0.236. The summed E-state index contributed by atoms with van der Waals surface area (Å²) in [6, 6.07) is 3.75. The number of hydrogen-bond acceptors (Lipinski definition) is 3. The zero-order valence-electron chi connectivity index (χ0n) is 11.8. The lowest BCUT2D eigenvalue weighted by molar-refractivity contribution is 0.273. The molecule has 2 rings (SSSR count). The van der Waals surface area contributed by atoms with Crippen LogP contribution in [-0.4, -0.2) is 32.4 Å². The Morgan fingerprint density at radius 3 is 2.57 bits per heavy atom. The molecule has 0 aromatic heterocycles. The van der Waals surface area contributed by atoms with E-state index in [-0.39, 0.29) is 5.92 Å². The number of anilines is 1. The van der Waals surface area contributed by atoms with Crippen LogP contribution in [0.25, 0.3) is 0 Å². The van der Waals surface area contributed by atoms with Crippen LogP contribution in [0.4, 0.5) is 5.69 Å². The summed E-state index contributed by atoms with van der Waals surface area (Å²) < 4.78 is 30.6. The Morgan fingerprint density at radius 1 is 1.38 bits per heavy atom. The third kappa shape index (κ3) is 4.19. The van der Waals surface area contributed by atoms with Gasteiger partial charge in [0.05, 0.1) is 5.69 Å². The second kappa shape index (κ2) is 6.95. The fourth-order valence-corrected chi connectivity index (χ4v) is 5.69. The maximum Gasteiger partial charge on any atom is 0.301 e. The lowest BCUT2D eigenvalue weighted by Gasteiger charge is -2.31. The maximum absolute atomic E-state index is 12.5. The molecule has 1 atom stereocenters. The molecule has 1 aromatic carbocycles. The molecule has 1 unspecified atom stereocenters. The van der Waals surface area contributed by atoms with Crippen molar-refractivity contribution in [3.63, 3.8) is 0 Å². The summed E-state index contributed by atoms with van der Waals surface area (Å²) in [7, 11) is -3.57. The summed E-state index contributed by atoms with van der Waals surface area (Å²) in [5, 5.41) is 0. The van der Waals surface area contributed by atoms with Gasteiger partial charge in [-0.15, -0.1) is 0 Å². The van der Waals surface area contributed by atoms with Gasteiger partial charge in [-0.25, -0.2) is 0 Å². The lowest BCUT2D eigenvalue weighted by Crippen LogP contribution is -2.44. The van der Waals surface area contributed by atoms with Crippen molar-refractivity contribution in [2.24, 2.45) is 11.7 Å². The summed E-state index contributed by atoms with van der Waals surface area (Å²) in [6.45, 7) is 3.48. The van der Waals surface area contributed by atoms with E-state index in [0.717, 1.165) is 18.4 Å². The Kier molecular flexibility index (Phi) is 5.70. The van der Waals surface area contributed by atoms with Crippen molar-refractivity contribution in [2.75, 3.05) is 24.4 Å². The minimum atomic E-state index is -3.57. The van der Waals surface area contributed by atoms with Gasteiger partial charge < -0.3 is 5.73 Å². The highest BCUT2D eigenvalue weighted by molar-refractivity contribution is 9.11. The van der Waals surface area contributed by atoms with Crippen LogP contribution < -0.4 is 10.5 Å². The largest absolute Gasteiger partial charge is 0.330 e. The van der Waals surface area contributed by atoms with Crippen LogP contribution >= 0.6 is 31.9 Å². The molecule has 1 aliphatic rings. The van der Waals surface area contributed by atoms with Gasteiger partial charge in [0.15, 0.2) is 0 Å². The van der Waals surface area contributed by atoms with E-state index in [1.54, 1.807) is 0 Å². The molecule has 0 bridgehead atoms. The first-order chi connectivity index (χ1) is 9.83. The van der Waals surface area contributed by atoms with Crippen LogP contribution in [0, 0.1) is 12.8 Å². The summed E-state index contributed by atoms with van der Waals surface area (Å²) in [5.41, 5.74) is 7.23. The first-order valence-corrected chi connectivity index (χ1v) is 9.79. The van der Waals surface area contributed by atoms with E-state index >= 15 is 0 Å². The number of nitrogens with two attached hydrogens (primary N) is 1. The van der Waals surface area contributed by atoms with Crippen LogP contribution in [0.15, 0.2) is 21.1 Å². The normalized spacial score (nSPS) is 20.5. The molecule has 0 saturated carbocycles. The molecular formula is C13H19Br2N3O2S. The van der Waals surface area contributed by atoms with Crippen LogP contribution in [0.3, 0.4) is 0 Å². The number of benzene rings is 1. The molecule has 0 amide bonds. The summed E-state index contributed by atoms with van der Waals surface area (Å²) >= 11 is 6.81. The summed E-state index contributed by atoms with van der Waals surface area (Å²) in [4.78, 5) is 0. The van der Waals surface area contributed by atoms with Gasteiger partial charge in [-0.05, 0) is 81.8 Å². The Labute approximate surface area is 142 Å². The average Bonchev–Trinajstić information content (AvgIpc) is 2.43. The fraction of sp³-hybridized carbons (Fsp3) is 0.538. The van der Waals surface area contributed by atoms with E-state index in [1.165, 1.54) is 4.31 Å². The Bertz CT molecular complexity index is 599. The van der Waals surface area contributed by atoms with Crippen molar-refractivity contribution >= 4 is 47.8 Å². The molecule has 118 valence electrons. The van der Waals surface area contributed by atoms with Gasteiger partial charge in [-0.1, -0.05) is 0 Å². The molecule has 21 heavy (non-hydrogen) atoms. The topological polar surface area (TPSA) is 75.4 Å². The average molecular weight is 441 g/mol. The van der Waals surface area contributed by atoms with Crippen molar-refractivity contribution in [3.8, 4) is 0 Å². The molecular weight excluding hydrogens is 422 g/mol. The van der Waals surface area contributed by atoms with E-state index < -0.39 is 10.2 Å². The van der Waals surface area contributed by atoms with Gasteiger partial charge in [0.2, 0.25) is 0 Å². The molecule has 1 heterocycles. The molecule has 0 spiro atoms. The van der Waals surface area contributed by atoms with Gasteiger partial charge in [-0.2, -0.15) is 12.7 Å². The van der Waals surface area contributed by atoms with Crippen LogP contribution in [0.1, 0.15) is 18.4 Å². The van der Waals surface area contributed by atoms with E-state index in [1.807, 2.05) is 19.1 Å². The van der Waals surface area contributed by atoms with E-state index in [2.05, 4.69) is 36.6 Å². The van der Waals surface area contributed by atoms with Crippen LogP contribution in [0.5, 0.6) is 0 Å². The van der Waals surface area contributed by atoms with E-state index in [4.69, 9.17) is 5.73 Å². The molecule has 3 N–H and O–H groups in total. The zero-order valence-corrected chi connectivity index (χ0v) is 15.8. The molecule has 0 radical (unpaired) electrons. The quantitative estimate of drug-likeness (QED) is 0.755. The number of nitrogens with one attached hydrogen (secondary N) is 1. The Balaban J connectivity index is 2.22. The molecule has 1 aromatic rings. The van der Waals surface area contributed by atoms with Crippen molar-refractivity contribution in [2.45, 2.75) is 19.8 Å². The Hall–Kier alpha value is -0.150. The highest BCUT2D eigenvalue weighted by atomic mass is 79.9. The lowest BCUT2D eigenvalue weighted by atomic mass is 10.0. The molecule has 1 fully saturated rings. The monoisotopic (exact) mass is 439 g/mol. The Morgan fingerprint density at radius 2 is 2.00 bits per heavy atom. The van der Waals surface area contributed by atoms with Crippen molar-refractivity contribution < 1.29 is 8.42 Å². The number of aryl methyl sites for hydroxylation is 1. The predicted octanol–water partition coefficient (Wildman–Crippen LogP) is 2.85. The summed E-state index contributed by atoms with van der Waals surface area (Å²) in [6.07, 6.45) is 1.83. The van der Waals surface area contributed by atoms with Crippen molar-refractivity contribution in [3.05, 3.63) is 26.6 Å². The van der Waals surface area contributed by atoms with Crippen LogP contribution in [0.2, 0.25) is 0 Å². The second-order valence-corrected chi connectivity index (χ2v) is 8.69. The first-order valence-electron chi connectivity index (χ1n) is 6.77. The fourth-order valence-electron chi connectivity index (χ4n) is 2.43. The van der Waals surface area contributed by atoms with Crippen molar-refractivity contribution in [1.29, 1.82) is 0 Å². The van der Waals surface area contributed by atoms with E-state index in [0.29, 0.717) is 34.3 Å². The smallest absolute Gasteiger partial charge is 0.301 e. The highest BCUT2D eigenvalue weighted by Gasteiger charge is 2.29. The summed E-state index contributed by atoms with van der Waals surface area (Å²) in [5.74, 6) is 0.236. The van der Waals surface area contributed by atoms with E-state index in [9.17, 15) is 8.42 Å². The number of piperidine rings is 1. The van der Waals surface area contributed by atoms with Crippen molar-refractivity contribution in [1.82, 2.24) is 4.31 Å². The third-order valence-electron chi connectivity index (χ3n) is 3.57. The van der Waals surface area contributed by atoms with Crippen LogP contribution in [-0.2, 0) is 10.2 Å². The van der Waals surface area contributed by atoms with Gasteiger partial charge >= 0.3 is 10.2 Å². The third-order valence-corrected chi connectivity index (χ3v) is 6.30. The number of nitrogens with zero attached hydrogens (tertiary/aromatic N) is 1. The van der Waals surface area contributed by atoms with Gasteiger partial charge in [0, 0.05) is 22.0 Å². The maximum atomic E-state index is 12.5. The molecule has 1 saturated heterocycles. The van der Waals surface area contributed by atoms with Gasteiger partial charge in [0.25, 0.3) is 0 Å². The highest BCUT2D eigenvalue weighted by Crippen LogP contribution is 2.33. The minimum Gasteiger partial charge on any atom is -0.330 e. The van der Waals surface area contributed by atoms with Gasteiger partial charge in [0.1, 0.15) is 0 Å². The molecule has 8 heteroatoms. The van der Waals surface area contributed by atoms with Gasteiger partial charge in [-0.3, -0.25) is 4.72 Å². The number of hydrogen-bond donors (Lipinski definition) is 2. The number of halogens is 2. The predicted molar refractivity (Wildman–Crippen MR) is 92.5 cm³/mol. The number of rotatable bonds is 4. The molecule has 1 aliphatic heterocycles. The standard InChI is InChI=1S/C13H19Br2N3O2S/c1-9-5-11(14)13(12(15)6-9)17-21(19,20)18-4-2-3-10(7-16)8-18/h5-6,10,17H,2-4,7-8,16H2,1H3. The zero-order chi connectivity index (χ0) is 15.6. The first kappa shape index (κ1) is 17.2. The SMILES string of the molecule is Cc1cc(Br)c(NS(=O)(=O)N2CCCC(CN)C2)c(Br)c1. The molecule has 0 aliphatic carbocycles.